The SMILES string of the molecule is COc1ccc2c3c1O[C@H]1C(OC(=O)COCC(=O)O)=CC[C@@]4(O)[C@H](C2)N(C)CC[C@]314. The number of carbonyl (C=O) groups excluding carboxylic acids is 1. The quantitative estimate of drug-likeness (QED) is 0.626. The van der Waals surface area contributed by atoms with Crippen molar-refractivity contribution in [2.24, 2.45) is 0 Å². The van der Waals surface area contributed by atoms with Gasteiger partial charge in [-0.3, -0.25) is 0 Å². The molecule has 1 spiro atoms. The number of hydrogen-bond donors (Lipinski definition) is 2. The summed E-state index contributed by atoms with van der Waals surface area (Å²) >= 11 is 0. The van der Waals surface area contributed by atoms with Crippen LogP contribution in [0.3, 0.4) is 0 Å². The van der Waals surface area contributed by atoms with E-state index in [1.54, 1.807) is 13.2 Å². The first-order valence-electron chi connectivity index (χ1n) is 10.3. The van der Waals surface area contributed by atoms with E-state index in [9.17, 15) is 14.7 Å². The van der Waals surface area contributed by atoms with Gasteiger partial charge in [0.1, 0.15) is 19.0 Å². The number of esters is 1. The number of carboxylic acid groups (broad SMARTS) is 1. The third-order valence-corrected chi connectivity index (χ3v) is 7.24. The molecule has 2 N–H and O–H groups in total. The molecule has 9 nitrogen and oxygen atoms in total. The molecule has 0 radical (unpaired) electrons. The summed E-state index contributed by atoms with van der Waals surface area (Å²) in [5.74, 6) is -0.373. The minimum Gasteiger partial charge on any atom is -0.493 e. The van der Waals surface area contributed by atoms with Gasteiger partial charge >= 0.3 is 11.9 Å². The first-order chi connectivity index (χ1) is 14.8. The molecule has 0 amide bonds. The number of carbonyl (C=O) groups is 2. The number of nitrogens with zero attached hydrogens (tertiary/aromatic N) is 1. The number of hydrogen-bond acceptors (Lipinski definition) is 8. The number of likely N-dealkylation sites (N-methyl/N-ethyl adjacent to an activating group) is 1. The Morgan fingerprint density at radius 2 is 2.13 bits per heavy atom. The molecule has 1 saturated heterocycles. The fourth-order valence-electron chi connectivity index (χ4n) is 5.97. The normalized spacial score (nSPS) is 32.5. The van der Waals surface area contributed by atoms with Gasteiger partial charge in [-0.2, -0.15) is 0 Å². The summed E-state index contributed by atoms with van der Waals surface area (Å²) in [5, 5.41) is 20.7. The van der Waals surface area contributed by atoms with E-state index in [2.05, 4.69) is 4.90 Å². The number of ether oxygens (including phenoxy) is 4. The van der Waals surface area contributed by atoms with Crippen molar-refractivity contribution >= 4 is 11.9 Å². The van der Waals surface area contributed by atoms with Gasteiger partial charge in [0.25, 0.3) is 0 Å². The maximum Gasteiger partial charge on any atom is 0.337 e. The molecule has 1 fully saturated rings. The van der Waals surface area contributed by atoms with Crippen LogP contribution in [0, 0.1) is 0 Å². The average molecular weight is 431 g/mol. The van der Waals surface area contributed by atoms with Crippen molar-refractivity contribution < 1.29 is 38.7 Å². The highest BCUT2D eigenvalue weighted by Gasteiger charge is 2.72. The number of aliphatic hydroxyl groups is 1. The Balaban J connectivity index is 1.55. The molecule has 0 unspecified atom stereocenters. The highest BCUT2D eigenvalue weighted by Crippen LogP contribution is 2.65. The topological polar surface area (TPSA) is 115 Å². The fraction of sp³-hybridized carbons (Fsp3) is 0.545. The second-order valence-corrected chi connectivity index (χ2v) is 8.65. The molecule has 166 valence electrons. The summed E-state index contributed by atoms with van der Waals surface area (Å²) in [5.41, 5.74) is 0.225. The lowest BCUT2D eigenvalue weighted by molar-refractivity contribution is -0.171. The third-order valence-electron chi connectivity index (χ3n) is 7.24. The highest BCUT2D eigenvalue weighted by molar-refractivity contribution is 5.74. The summed E-state index contributed by atoms with van der Waals surface area (Å²) in [6, 6.07) is 3.81. The minimum atomic E-state index is -1.16. The van der Waals surface area contributed by atoms with Gasteiger partial charge in [0.15, 0.2) is 17.6 Å². The van der Waals surface area contributed by atoms with Crippen LogP contribution in [-0.4, -0.2) is 78.7 Å². The summed E-state index contributed by atoms with van der Waals surface area (Å²) in [7, 11) is 3.60. The molecule has 5 rings (SSSR count). The number of methoxy groups -OCH3 is 1. The first kappa shape index (κ1) is 20.3. The van der Waals surface area contributed by atoms with E-state index in [0.717, 1.165) is 17.7 Å². The van der Waals surface area contributed by atoms with Crippen LogP contribution >= 0.6 is 0 Å². The van der Waals surface area contributed by atoms with Crippen molar-refractivity contribution in [3.05, 3.63) is 35.1 Å². The number of piperidine rings is 1. The van der Waals surface area contributed by atoms with Crippen molar-refractivity contribution in [3.63, 3.8) is 0 Å². The Morgan fingerprint density at radius 1 is 1.32 bits per heavy atom. The molecular weight excluding hydrogens is 406 g/mol. The van der Waals surface area contributed by atoms with E-state index >= 15 is 0 Å². The Labute approximate surface area is 179 Å². The number of aliphatic carboxylic acids is 1. The summed E-state index contributed by atoms with van der Waals surface area (Å²) in [6.07, 6.45) is 2.68. The number of carboxylic acids is 1. The van der Waals surface area contributed by atoms with Crippen LogP contribution in [0.2, 0.25) is 0 Å². The standard InChI is InChI=1S/C22H25NO8/c1-23-8-7-21-18-12-3-4-13(28-2)19(18)31-20(21)14(5-6-22(21,27)15(23)9-12)30-17(26)11-29-10-16(24)25/h3-5,15,20,27H,6-11H2,1-2H3,(H,24,25)/t15-,20-,21-,22+/m0/s1. The molecule has 1 aromatic carbocycles. The summed E-state index contributed by atoms with van der Waals surface area (Å²) in [4.78, 5) is 25.1. The van der Waals surface area contributed by atoms with Crippen LogP contribution in [0.5, 0.6) is 11.5 Å². The van der Waals surface area contributed by atoms with Gasteiger partial charge in [-0.1, -0.05) is 6.07 Å². The molecule has 2 bridgehead atoms. The number of likely N-dealkylation sites (tertiary alicyclic amines) is 1. The van der Waals surface area contributed by atoms with E-state index in [0.29, 0.717) is 36.5 Å². The van der Waals surface area contributed by atoms with Gasteiger partial charge < -0.3 is 34.1 Å². The average Bonchev–Trinajstić information content (AvgIpc) is 3.08. The van der Waals surface area contributed by atoms with Crippen LogP contribution in [0.25, 0.3) is 0 Å². The van der Waals surface area contributed by atoms with Gasteiger partial charge in [-0.05, 0) is 44.1 Å². The van der Waals surface area contributed by atoms with E-state index in [1.165, 1.54) is 0 Å². The van der Waals surface area contributed by atoms with Gasteiger partial charge in [-0.25, -0.2) is 9.59 Å². The lowest BCUT2D eigenvalue weighted by atomic mass is 9.50. The Hall–Kier alpha value is -2.62. The summed E-state index contributed by atoms with van der Waals surface area (Å²) in [6.45, 7) is -0.301. The van der Waals surface area contributed by atoms with E-state index in [-0.39, 0.29) is 6.04 Å². The van der Waals surface area contributed by atoms with Crippen molar-refractivity contribution in [2.45, 2.75) is 42.4 Å². The lowest BCUT2D eigenvalue weighted by Gasteiger charge is -2.61. The van der Waals surface area contributed by atoms with Crippen LogP contribution < -0.4 is 9.47 Å². The van der Waals surface area contributed by atoms with Gasteiger partial charge in [-0.15, -0.1) is 0 Å². The molecule has 2 aliphatic heterocycles. The van der Waals surface area contributed by atoms with Crippen molar-refractivity contribution in [3.8, 4) is 11.5 Å². The molecule has 31 heavy (non-hydrogen) atoms. The van der Waals surface area contributed by atoms with E-state index in [4.69, 9.17) is 24.1 Å². The zero-order chi connectivity index (χ0) is 22.0. The predicted molar refractivity (Wildman–Crippen MR) is 106 cm³/mol. The van der Waals surface area contributed by atoms with Gasteiger partial charge in [0, 0.05) is 18.0 Å². The van der Waals surface area contributed by atoms with Gasteiger partial charge in [0.2, 0.25) is 0 Å². The van der Waals surface area contributed by atoms with Crippen LogP contribution in [-0.2, 0) is 30.9 Å². The van der Waals surface area contributed by atoms with E-state index in [1.807, 2.05) is 19.2 Å². The molecule has 2 heterocycles. The van der Waals surface area contributed by atoms with Crippen LogP contribution in [0.15, 0.2) is 24.0 Å². The molecule has 0 saturated carbocycles. The molecule has 4 aliphatic rings. The highest BCUT2D eigenvalue weighted by atomic mass is 16.6. The zero-order valence-corrected chi connectivity index (χ0v) is 17.4. The van der Waals surface area contributed by atoms with Crippen LogP contribution in [0.4, 0.5) is 0 Å². The minimum absolute atomic E-state index is 0.0911. The number of rotatable bonds is 6. The maximum atomic E-state index is 12.3. The lowest BCUT2D eigenvalue weighted by Crippen LogP contribution is -2.74. The third kappa shape index (κ3) is 2.66. The van der Waals surface area contributed by atoms with Crippen LogP contribution in [0.1, 0.15) is 24.0 Å². The second-order valence-electron chi connectivity index (χ2n) is 8.65. The predicted octanol–water partition coefficient (Wildman–Crippen LogP) is 0.617. The maximum absolute atomic E-state index is 12.3. The molecular formula is C22H25NO8. The first-order valence-corrected chi connectivity index (χ1v) is 10.3. The van der Waals surface area contributed by atoms with Crippen molar-refractivity contribution in [1.29, 1.82) is 0 Å². The molecule has 0 aromatic heterocycles. The smallest absolute Gasteiger partial charge is 0.337 e. The number of benzene rings is 1. The van der Waals surface area contributed by atoms with Crippen molar-refractivity contribution in [1.82, 2.24) is 4.90 Å². The van der Waals surface area contributed by atoms with Gasteiger partial charge in [0.05, 0.1) is 18.1 Å². The molecule has 9 heteroatoms. The molecule has 2 aliphatic carbocycles. The zero-order valence-electron chi connectivity index (χ0n) is 17.4. The Bertz CT molecular complexity index is 990. The Kier molecular flexibility index (Phi) is 4.55. The second kappa shape index (κ2) is 6.94. The molecule has 1 aromatic rings. The van der Waals surface area contributed by atoms with Crippen molar-refractivity contribution in [2.75, 3.05) is 33.9 Å². The monoisotopic (exact) mass is 431 g/mol. The fourth-order valence-corrected chi connectivity index (χ4v) is 5.97. The van der Waals surface area contributed by atoms with E-state index < -0.39 is 42.3 Å². The molecule has 4 atom stereocenters. The largest absolute Gasteiger partial charge is 0.493 e. The summed E-state index contributed by atoms with van der Waals surface area (Å²) < 4.78 is 22.3. The Morgan fingerprint density at radius 3 is 2.87 bits per heavy atom.